The maximum atomic E-state index is 12.4. The Morgan fingerprint density at radius 1 is 1.35 bits per heavy atom. The first-order chi connectivity index (χ1) is 11.1. The Hall–Kier alpha value is -2.21. The van der Waals surface area contributed by atoms with Crippen LogP contribution in [0, 0.1) is 6.92 Å². The molecule has 23 heavy (non-hydrogen) atoms. The summed E-state index contributed by atoms with van der Waals surface area (Å²) in [7, 11) is 1.56. The zero-order valence-electron chi connectivity index (χ0n) is 13.1. The van der Waals surface area contributed by atoms with Crippen LogP contribution in [0.4, 0.5) is 0 Å². The Kier molecular flexibility index (Phi) is 4.43. The third-order valence-corrected chi connectivity index (χ3v) is 4.95. The van der Waals surface area contributed by atoms with Crippen molar-refractivity contribution < 1.29 is 14.3 Å². The Morgan fingerprint density at radius 3 is 2.91 bits per heavy atom. The lowest BCUT2D eigenvalue weighted by Gasteiger charge is -2.21. The molecule has 1 aromatic heterocycles. The lowest BCUT2D eigenvalue weighted by atomic mass is 10.00. The van der Waals surface area contributed by atoms with Crippen molar-refractivity contribution in [3.8, 4) is 0 Å². The van der Waals surface area contributed by atoms with Gasteiger partial charge in [0.05, 0.1) is 21.1 Å². The molecule has 1 heterocycles. The van der Waals surface area contributed by atoms with E-state index in [1.165, 1.54) is 0 Å². The molecule has 1 aliphatic carbocycles. The fourth-order valence-electron chi connectivity index (χ4n) is 2.74. The van der Waals surface area contributed by atoms with Crippen LogP contribution in [0.1, 0.15) is 55.2 Å². The number of benzene rings is 1. The Morgan fingerprint density at radius 2 is 2.13 bits per heavy atom. The van der Waals surface area contributed by atoms with Crippen LogP contribution in [0.5, 0.6) is 0 Å². The van der Waals surface area contributed by atoms with Crippen molar-refractivity contribution in [2.45, 2.75) is 32.3 Å². The average Bonchev–Trinajstić information content (AvgIpc) is 2.95. The van der Waals surface area contributed by atoms with Crippen molar-refractivity contribution in [3.05, 3.63) is 51.0 Å². The Bertz CT molecular complexity index is 754. The van der Waals surface area contributed by atoms with Crippen LogP contribution in [-0.4, -0.2) is 23.9 Å². The number of amides is 1. The molecule has 1 amide bonds. The minimum absolute atomic E-state index is 0.224. The standard InChI is InChI=1S/C17H18N2O3S/c1-10-19-13-7-4-8-14(15(13)23-10)22-17(21)12-6-3-5-11(9-12)16(20)18-2/h3,5-6,9,14H,4,7-8H2,1-2H3,(H,18,20). The van der Waals surface area contributed by atoms with Gasteiger partial charge in [0.25, 0.3) is 5.91 Å². The Balaban J connectivity index is 1.79. The predicted octanol–water partition coefficient (Wildman–Crippen LogP) is 3.05. The van der Waals surface area contributed by atoms with E-state index in [9.17, 15) is 9.59 Å². The molecule has 1 aliphatic rings. The number of hydrogen-bond donors (Lipinski definition) is 1. The van der Waals surface area contributed by atoms with Gasteiger partial charge in [0, 0.05) is 12.6 Å². The van der Waals surface area contributed by atoms with Gasteiger partial charge in [-0.1, -0.05) is 6.07 Å². The number of hydrogen-bond acceptors (Lipinski definition) is 5. The molecule has 5 nitrogen and oxygen atoms in total. The number of esters is 1. The van der Waals surface area contributed by atoms with Gasteiger partial charge in [0.2, 0.25) is 0 Å². The molecule has 1 atom stereocenters. The molecule has 0 saturated heterocycles. The highest BCUT2D eigenvalue weighted by Gasteiger charge is 2.27. The van der Waals surface area contributed by atoms with Crippen LogP contribution in [0.15, 0.2) is 24.3 Å². The van der Waals surface area contributed by atoms with E-state index < -0.39 is 5.97 Å². The molecule has 0 saturated carbocycles. The van der Waals surface area contributed by atoms with E-state index in [-0.39, 0.29) is 12.0 Å². The third kappa shape index (κ3) is 3.27. The van der Waals surface area contributed by atoms with Crippen LogP contribution in [0.3, 0.4) is 0 Å². The fourth-order valence-corrected chi connectivity index (χ4v) is 3.78. The largest absolute Gasteiger partial charge is 0.453 e. The van der Waals surface area contributed by atoms with Gasteiger partial charge in [-0.15, -0.1) is 11.3 Å². The van der Waals surface area contributed by atoms with E-state index in [2.05, 4.69) is 10.3 Å². The zero-order chi connectivity index (χ0) is 16.4. The second-order valence-corrected chi connectivity index (χ2v) is 6.72. The van der Waals surface area contributed by atoms with Crippen molar-refractivity contribution in [1.29, 1.82) is 0 Å². The van der Waals surface area contributed by atoms with Gasteiger partial charge in [-0.2, -0.15) is 0 Å². The van der Waals surface area contributed by atoms with Crippen molar-refractivity contribution in [1.82, 2.24) is 10.3 Å². The predicted molar refractivity (Wildman–Crippen MR) is 87.8 cm³/mol. The summed E-state index contributed by atoms with van der Waals surface area (Å²) in [6.07, 6.45) is 2.49. The van der Waals surface area contributed by atoms with Crippen molar-refractivity contribution in [3.63, 3.8) is 0 Å². The van der Waals surface area contributed by atoms with E-state index in [1.807, 2.05) is 6.92 Å². The molecule has 1 aromatic carbocycles. The van der Waals surface area contributed by atoms with Crippen LogP contribution >= 0.6 is 11.3 Å². The number of rotatable bonds is 3. The zero-order valence-corrected chi connectivity index (χ0v) is 13.9. The molecule has 1 N–H and O–H groups in total. The van der Waals surface area contributed by atoms with E-state index in [0.717, 1.165) is 34.8 Å². The number of aryl methyl sites for hydroxylation is 2. The molecular formula is C17H18N2O3S. The van der Waals surface area contributed by atoms with Gasteiger partial charge in [0.15, 0.2) is 0 Å². The number of carbonyl (C=O) groups excluding carboxylic acids is 2. The molecule has 120 valence electrons. The molecule has 0 fully saturated rings. The summed E-state index contributed by atoms with van der Waals surface area (Å²) in [4.78, 5) is 29.7. The molecule has 0 spiro atoms. The maximum Gasteiger partial charge on any atom is 0.338 e. The van der Waals surface area contributed by atoms with Gasteiger partial charge in [-0.25, -0.2) is 9.78 Å². The number of fused-ring (bicyclic) bond motifs is 1. The van der Waals surface area contributed by atoms with Gasteiger partial charge >= 0.3 is 5.97 Å². The number of aromatic nitrogens is 1. The number of nitrogens with one attached hydrogen (secondary N) is 1. The lowest BCUT2D eigenvalue weighted by molar-refractivity contribution is 0.0265. The molecule has 0 bridgehead atoms. The third-order valence-electron chi connectivity index (χ3n) is 3.84. The summed E-state index contributed by atoms with van der Waals surface area (Å²) in [5, 5.41) is 3.55. The second kappa shape index (κ2) is 6.50. The summed E-state index contributed by atoms with van der Waals surface area (Å²) in [5.41, 5.74) is 1.88. The smallest absolute Gasteiger partial charge is 0.338 e. The van der Waals surface area contributed by atoms with Crippen LogP contribution < -0.4 is 5.32 Å². The second-order valence-electron chi connectivity index (χ2n) is 5.49. The van der Waals surface area contributed by atoms with Crippen molar-refractivity contribution in [2.24, 2.45) is 0 Å². The summed E-state index contributed by atoms with van der Waals surface area (Å²) >= 11 is 1.59. The first-order valence-electron chi connectivity index (χ1n) is 7.58. The number of carbonyl (C=O) groups is 2. The quantitative estimate of drug-likeness (QED) is 0.878. The first-order valence-corrected chi connectivity index (χ1v) is 8.39. The normalized spacial score (nSPS) is 16.5. The lowest BCUT2D eigenvalue weighted by Crippen LogP contribution is -2.19. The van der Waals surface area contributed by atoms with Crippen molar-refractivity contribution >= 4 is 23.2 Å². The van der Waals surface area contributed by atoms with Gasteiger partial charge in [0.1, 0.15) is 6.10 Å². The van der Waals surface area contributed by atoms with E-state index in [1.54, 1.807) is 42.6 Å². The van der Waals surface area contributed by atoms with Crippen LogP contribution in [0.25, 0.3) is 0 Å². The van der Waals surface area contributed by atoms with Gasteiger partial charge in [-0.05, 0) is 44.4 Å². The molecular weight excluding hydrogens is 312 g/mol. The van der Waals surface area contributed by atoms with E-state index in [0.29, 0.717) is 11.1 Å². The molecule has 1 unspecified atom stereocenters. The summed E-state index contributed by atoms with van der Waals surface area (Å²) in [5.74, 6) is -0.627. The summed E-state index contributed by atoms with van der Waals surface area (Å²) < 4.78 is 5.69. The van der Waals surface area contributed by atoms with Gasteiger partial charge < -0.3 is 10.1 Å². The minimum Gasteiger partial charge on any atom is -0.453 e. The number of ether oxygens (including phenoxy) is 1. The fraction of sp³-hybridized carbons (Fsp3) is 0.353. The summed E-state index contributed by atoms with van der Waals surface area (Å²) in [6, 6.07) is 6.57. The topological polar surface area (TPSA) is 68.3 Å². The van der Waals surface area contributed by atoms with E-state index >= 15 is 0 Å². The molecule has 6 heteroatoms. The average molecular weight is 330 g/mol. The van der Waals surface area contributed by atoms with Crippen molar-refractivity contribution in [2.75, 3.05) is 7.05 Å². The minimum atomic E-state index is -0.403. The monoisotopic (exact) mass is 330 g/mol. The molecule has 0 radical (unpaired) electrons. The molecule has 2 aromatic rings. The molecule has 0 aliphatic heterocycles. The van der Waals surface area contributed by atoms with E-state index in [4.69, 9.17) is 4.74 Å². The Labute approximate surface area is 138 Å². The molecule has 3 rings (SSSR count). The highest BCUT2D eigenvalue weighted by molar-refractivity contribution is 7.11. The number of thiazole rings is 1. The highest BCUT2D eigenvalue weighted by Crippen LogP contribution is 2.36. The summed E-state index contributed by atoms with van der Waals surface area (Å²) in [6.45, 7) is 1.97. The van der Waals surface area contributed by atoms with Gasteiger partial charge in [-0.3, -0.25) is 4.79 Å². The van der Waals surface area contributed by atoms with Crippen LogP contribution in [-0.2, 0) is 11.2 Å². The highest BCUT2D eigenvalue weighted by atomic mass is 32.1. The first kappa shape index (κ1) is 15.7. The maximum absolute atomic E-state index is 12.4. The number of nitrogens with zero attached hydrogens (tertiary/aromatic N) is 1. The van der Waals surface area contributed by atoms with Crippen LogP contribution in [0.2, 0.25) is 0 Å². The SMILES string of the molecule is CNC(=O)c1cccc(C(=O)OC2CCCc3nc(C)sc32)c1.